The van der Waals surface area contributed by atoms with E-state index in [2.05, 4.69) is 27.1 Å². The van der Waals surface area contributed by atoms with Crippen LogP contribution in [0.3, 0.4) is 0 Å². The third kappa shape index (κ3) is 5.03. The predicted molar refractivity (Wildman–Crippen MR) is 30.6 cm³/mol. The van der Waals surface area contributed by atoms with Crippen molar-refractivity contribution in [2.75, 3.05) is 0 Å². The highest BCUT2D eigenvalue weighted by Gasteiger charge is 1.61. The van der Waals surface area contributed by atoms with Gasteiger partial charge in [-0.2, -0.15) is 0 Å². The van der Waals surface area contributed by atoms with E-state index in [0.717, 1.165) is 0 Å². The van der Waals surface area contributed by atoms with Gasteiger partial charge in [0.25, 0.3) is 0 Å². The topological polar surface area (TPSA) is 59.2 Å². The Bertz CT molecular complexity index is 102. The van der Waals surface area contributed by atoms with Crippen LogP contribution in [0.1, 0.15) is 0 Å². The predicted octanol–water partition coefficient (Wildman–Crippen LogP) is 0.571. The molecule has 8 heavy (non-hydrogen) atoms. The van der Waals surface area contributed by atoms with Crippen molar-refractivity contribution < 1.29 is 9.63 Å². The van der Waals surface area contributed by atoms with Gasteiger partial charge < -0.3 is 9.63 Å². The number of aromatic nitrogens is 2. The molecule has 0 atom stereocenters. The minimum Gasteiger partial charge on any atom is -0.504 e. The van der Waals surface area contributed by atoms with Gasteiger partial charge in [-0.05, 0) is 12.2 Å². The van der Waals surface area contributed by atoms with E-state index < -0.39 is 0 Å². The number of nitrogens with zero attached hydrogens (tertiary/aromatic N) is 2. The van der Waals surface area contributed by atoms with Crippen molar-refractivity contribution >= 4 is 17.8 Å². The molecule has 5 heteroatoms. The van der Waals surface area contributed by atoms with Crippen molar-refractivity contribution in [2.45, 2.75) is 0 Å². The summed E-state index contributed by atoms with van der Waals surface area (Å²) in [6.45, 7) is 0. The monoisotopic (exact) mass is 132 g/mol. The second-order valence-electron chi connectivity index (χ2n) is 0.693. The molecule has 1 heterocycles. The average molecular weight is 132 g/mol. The van der Waals surface area contributed by atoms with Crippen molar-refractivity contribution in [3.05, 3.63) is 12.5 Å². The third-order valence-corrected chi connectivity index (χ3v) is 0.283. The van der Waals surface area contributed by atoms with E-state index in [-0.39, 0.29) is 0 Å². The van der Waals surface area contributed by atoms with Crippen LogP contribution in [0.15, 0.2) is 17.0 Å². The molecular formula is C3H4N2O2S. The van der Waals surface area contributed by atoms with E-state index in [9.17, 15) is 0 Å². The summed E-state index contributed by atoms with van der Waals surface area (Å²) < 4.78 is 4.22. The SMILES string of the molecule is OC=S.c1conn1. The van der Waals surface area contributed by atoms with Crippen molar-refractivity contribution in [3.63, 3.8) is 0 Å². The summed E-state index contributed by atoms with van der Waals surface area (Å²) in [7, 11) is 0. The van der Waals surface area contributed by atoms with Gasteiger partial charge in [0.15, 0.2) is 0 Å². The molecule has 0 radical (unpaired) electrons. The number of hydrogen-bond donors (Lipinski definition) is 1. The molecule has 4 nitrogen and oxygen atoms in total. The molecule has 0 saturated heterocycles. The molecule has 1 aromatic rings. The van der Waals surface area contributed by atoms with Crippen LogP contribution in [0.2, 0.25) is 0 Å². The van der Waals surface area contributed by atoms with Crippen LogP contribution in [0.4, 0.5) is 0 Å². The van der Waals surface area contributed by atoms with Gasteiger partial charge >= 0.3 is 0 Å². The van der Waals surface area contributed by atoms with Crippen LogP contribution in [-0.2, 0) is 0 Å². The molecule has 0 unspecified atom stereocenters. The van der Waals surface area contributed by atoms with Crippen LogP contribution >= 0.6 is 12.2 Å². The molecule has 1 aromatic heterocycles. The molecule has 0 aliphatic rings. The van der Waals surface area contributed by atoms with Crippen LogP contribution in [0.5, 0.6) is 0 Å². The first-order valence-corrected chi connectivity index (χ1v) is 2.18. The van der Waals surface area contributed by atoms with E-state index >= 15 is 0 Å². The Labute approximate surface area is 51.1 Å². The zero-order chi connectivity index (χ0) is 6.24. The summed E-state index contributed by atoms with van der Waals surface area (Å²) in [5, 5.41) is 13.7. The molecule has 0 saturated carbocycles. The number of thiocarbonyl (C=S) groups is 1. The summed E-state index contributed by atoms with van der Waals surface area (Å²) in [5.41, 5.74) is 0.583. The van der Waals surface area contributed by atoms with E-state index in [1.54, 1.807) is 0 Å². The first-order chi connectivity index (χ1) is 3.91. The standard InChI is InChI=1S/C2H2N2O.CH2OS/c1-2-5-4-3-1;2-1-3/h1-2H;1H,(H,2,3). The summed E-state index contributed by atoms with van der Waals surface area (Å²) in [6, 6.07) is 0. The molecule has 0 aliphatic heterocycles. The smallest absolute Gasteiger partial charge is 0.144 e. The van der Waals surface area contributed by atoms with E-state index in [1.807, 2.05) is 0 Å². The normalized spacial score (nSPS) is 6.50. The molecule has 0 bridgehead atoms. The lowest BCUT2D eigenvalue weighted by atomic mass is 11.0. The highest BCUT2D eigenvalue weighted by atomic mass is 32.1. The lowest BCUT2D eigenvalue weighted by Gasteiger charge is -1.45. The van der Waals surface area contributed by atoms with Gasteiger partial charge in [0.05, 0.1) is 6.20 Å². The van der Waals surface area contributed by atoms with Crippen LogP contribution < -0.4 is 0 Å². The molecule has 1 rings (SSSR count). The van der Waals surface area contributed by atoms with Crippen LogP contribution in [0.25, 0.3) is 0 Å². The van der Waals surface area contributed by atoms with Crippen molar-refractivity contribution in [2.24, 2.45) is 0 Å². The summed E-state index contributed by atoms with van der Waals surface area (Å²) in [6.07, 6.45) is 2.88. The van der Waals surface area contributed by atoms with E-state index in [4.69, 9.17) is 5.11 Å². The van der Waals surface area contributed by atoms with Gasteiger partial charge in [-0.1, -0.05) is 0 Å². The van der Waals surface area contributed by atoms with Crippen molar-refractivity contribution in [1.29, 1.82) is 0 Å². The van der Waals surface area contributed by atoms with Crippen LogP contribution in [0, 0.1) is 0 Å². The first-order valence-electron chi connectivity index (χ1n) is 1.70. The van der Waals surface area contributed by atoms with E-state index in [1.165, 1.54) is 12.5 Å². The largest absolute Gasteiger partial charge is 0.504 e. The Balaban J connectivity index is 0.000000145. The Morgan fingerprint density at radius 2 is 2.38 bits per heavy atom. The lowest BCUT2D eigenvalue weighted by Crippen LogP contribution is -1.53. The zero-order valence-corrected chi connectivity index (χ0v) is 4.71. The van der Waals surface area contributed by atoms with Gasteiger partial charge in [-0.25, -0.2) is 0 Å². The van der Waals surface area contributed by atoms with Crippen LogP contribution in [-0.4, -0.2) is 21.0 Å². The average Bonchev–Trinajstić information content (AvgIpc) is 2.17. The fourth-order valence-electron chi connectivity index (χ4n) is 0.136. The number of hydrogen-bond acceptors (Lipinski definition) is 4. The summed E-state index contributed by atoms with van der Waals surface area (Å²) in [4.78, 5) is 0. The molecule has 0 amide bonds. The van der Waals surface area contributed by atoms with E-state index in [0.29, 0.717) is 5.55 Å². The molecule has 44 valence electrons. The maximum atomic E-state index is 7.26. The fraction of sp³-hybridized carbons (Fsp3) is 0. The first kappa shape index (κ1) is 7.03. The minimum atomic E-state index is 0.583. The molecule has 0 aromatic carbocycles. The summed E-state index contributed by atoms with van der Waals surface area (Å²) >= 11 is 3.82. The Morgan fingerprint density at radius 3 is 2.50 bits per heavy atom. The maximum Gasteiger partial charge on any atom is 0.144 e. The maximum absolute atomic E-state index is 7.26. The second-order valence-corrected chi connectivity index (χ2v) is 0.904. The van der Waals surface area contributed by atoms with Gasteiger partial charge in [-0.15, -0.1) is 5.10 Å². The third-order valence-electron chi connectivity index (χ3n) is 0.283. The highest BCUT2D eigenvalue weighted by Crippen LogP contribution is 1.64. The number of aliphatic hydroxyl groups excluding tert-OH is 1. The molecule has 1 N–H and O–H groups in total. The zero-order valence-electron chi connectivity index (χ0n) is 3.89. The number of aliphatic hydroxyl groups is 1. The Morgan fingerprint density at radius 1 is 1.75 bits per heavy atom. The van der Waals surface area contributed by atoms with Gasteiger partial charge in [0.1, 0.15) is 11.8 Å². The van der Waals surface area contributed by atoms with Gasteiger partial charge in [-0.3, -0.25) is 0 Å². The Kier molecular flexibility index (Phi) is 5.30. The number of rotatable bonds is 0. The Hall–Kier alpha value is -0.970. The lowest BCUT2D eigenvalue weighted by molar-refractivity contribution is 0.393. The highest BCUT2D eigenvalue weighted by molar-refractivity contribution is 7.78. The fourth-order valence-corrected chi connectivity index (χ4v) is 0.136. The van der Waals surface area contributed by atoms with Gasteiger partial charge in [0.2, 0.25) is 0 Å². The van der Waals surface area contributed by atoms with Crippen molar-refractivity contribution in [3.8, 4) is 0 Å². The van der Waals surface area contributed by atoms with Crippen molar-refractivity contribution in [1.82, 2.24) is 10.4 Å². The quantitative estimate of drug-likeness (QED) is 0.523. The molecule has 0 fully saturated rings. The summed E-state index contributed by atoms with van der Waals surface area (Å²) in [5.74, 6) is 0. The molecular weight excluding hydrogens is 128 g/mol. The molecule has 0 aliphatic carbocycles. The second kappa shape index (κ2) is 6.03. The van der Waals surface area contributed by atoms with Gasteiger partial charge in [0, 0.05) is 5.27 Å². The minimum absolute atomic E-state index is 0.583. The molecule has 0 spiro atoms.